The molecule has 0 bridgehead atoms. The third-order valence-electron chi connectivity index (χ3n) is 8.60. The average molecular weight is 450 g/mol. The second-order valence-corrected chi connectivity index (χ2v) is 10.7. The molecule has 0 aromatic rings. The van der Waals surface area contributed by atoms with Crippen molar-refractivity contribution in [2.75, 3.05) is 34.4 Å². The molecule has 0 saturated heterocycles. The van der Waals surface area contributed by atoms with Crippen LogP contribution in [-0.2, 0) is 23.9 Å². The molecule has 7 nitrogen and oxygen atoms in total. The molecule has 3 saturated carbocycles. The summed E-state index contributed by atoms with van der Waals surface area (Å²) in [6.45, 7) is 6.92. The van der Waals surface area contributed by atoms with E-state index in [1.165, 1.54) is 7.11 Å². The summed E-state index contributed by atoms with van der Waals surface area (Å²) in [5, 5.41) is 11.2. The van der Waals surface area contributed by atoms with Crippen molar-refractivity contribution < 1.29 is 29.0 Å². The molecule has 32 heavy (non-hydrogen) atoms. The third-order valence-corrected chi connectivity index (χ3v) is 8.60. The van der Waals surface area contributed by atoms with Gasteiger partial charge in [0.2, 0.25) is 0 Å². The summed E-state index contributed by atoms with van der Waals surface area (Å²) in [4.78, 5) is 40.6. The molecule has 0 radical (unpaired) electrons. The smallest absolute Gasteiger partial charge is 0.330 e. The van der Waals surface area contributed by atoms with Gasteiger partial charge in [-0.1, -0.05) is 25.8 Å². The summed E-state index contributed by atoms with van der Waals surface area (Å²) in [6, 6.07) is 0. The number of rotatable bonds is 5. The minimum atomic E-state index is -1.15. The van der Waals surface area contributed by atoms with Crippen LogP contribution in [0, 0.1) is 34.5 Å². The van der Waals surface area contributed by atoms with Gasteiger partial charge in [0, 0.05) is 24.5 Å². The van der Waals surface area contributed by atoms with E-state index in [2.05, 4.69) is 6.92 Å². The number of allylic oxidation sites excluding steroid dienone is 1. The van der Waals surface area contributed by atoms with Crippen LogP contribution in [0.3, 0.4) is 0 Å². The Kier molecular flexibility index (Phi) is 7.20. The second-order valence-electron chi connectivity index (χ2n) is 10.7. The Labute approximate surface area is 191 Å². The summed E-state index contributed by atoms with van der Waals surface area (Å²) in [7, 11) is 5.20. The van der Waals surface area contributed by atoms with Crippen molar-refractivity contribution >= 4 is 17.7 Å². The van der Waals surface area contributed by atoms with Crippen molar-refractivity contribution in [2.24, 2.45) is 34.5 Å². The molecule has 0 heterocycles. The topological polar surface area (TPSA) is 93.1 Å². The first kappa shape index (κ1) is 24.9. The van der Waals surface area contributed by atoms with E-state index < -0.39 is 17.4 Å². The number of aliphatic hydroxyl groups excluding tert-OH is 1. The monoisotopic (exact) mass is 449 g/mol. The largest absolute Gasteiger partial charge is 0.469 e. The fourth-order valence-electron chi connectivity index (χ4n) is 7.03. The van der Waals surface area contributed by atoms with Gasteiger partial charge in [-0.25, -0.2) is 4.79 Å². The van der Waals surface area contributed by atoms with E-state index >= 15 is 0 Å². The maximum absolute atomic E-state index is 13.6. The maximum atomic E-state index is 13.6. The van der Waals surface area contributed by atoms with Crippen LogP contribution >= 0.6 is 0 Å². The third kappa shape index (κ3) is 4.14. The first-order valence-corrected chi connectivity index (χ1v) is 11.8. The number of Topliss-reactive ketones (excluding diaryl/α,β-unsaturated/α-hetero) is 1. The number of carbonyl (C=O) groups excluding carboxylic acids is 3. The van der Waals surface area contributed by atoms with Crippen molar-refractivity contribution in [1.82, 2.24) is 4.90 Å². The normalized spacial score (nSPS) is 40.6. The van der Waals surface area contributed by atoms with E-state index in [1.807, 2.05) is 32.8 Å². The van der Waals surface area contributed by atoms with Crippen LogP contribution in [-0.4, -0.2) is 68.2 Å². The van der Waals surface area contributed by atoms with Crippen LogP contribution in [0.1, 0.15) is 52.9 Å². The van der Waals surface area contributed by atoms with Crippen molar-refractivity contribution in [3.63, 3.8) is 0 Å². The van der Waals surface area contributed by atoms with E-state index in [4.69, 9.17) is 9.47 Å². The minimum absolute atomic E-state index is 0.0985. The number of hydrogen-bond acceptors (Lipinski definition) is 7. The van der Waals surface area contributed by atoms with Gasteiger partial charge in [0.1, 0.15) is 12.7 Å². The molecule has 1 N–H and O–H groups in total. The molecule has 3 aliphatic carbocycles. The lowest BCUT2D eigenvalue weighted by Gasteiger charge is -2.61. The highest BCUT2D eigenvalue weighted by Crippen LogP contribution is 2.64. The molecule has 3 rings (SSSR count). The summed E-state index contributed by atoms with van der Waals surface area (Å²) in [6.07, 6.45) is 4.20. The first-order chi connectivity index (χ1) is 15.0. The molecule has 7 heteroatoms. The SMILES string of the molecule is COC(=O)C1(C)CCCC2(C)C3CCC(=CC(=O)OCCN(C)C)C(C)C3C(O)C(=O)C12. The van der Waals surface area contributed by atoms with Crippen molar-refractivity contribution in [1.29, 1.82) is 0 Å². The number of esters is 2. The van der Waals surface area contributed by atoms with Crippen LogP contribution in [0.4, 0.5) is 0 Å². The van der Waals surface area contributed by atoms with Crippen LogP contribution < -0.4 is 0 Å². The van der Waals surface area contributed by atoms with Crippen molar-refractivity contribution in [2.45, 2.75) is 59.0 Å². The molecule has 0 aliphatic heterocycles. The van der Waals surface area contributed by atoms with Gasteiger partial charge in [0.05, 0.1) is 12.5 Å². The molecule has 3 fully saturated rings. The lowest BCUT2D eigenvalue weighted by atomic mass is 9.42. The number of methoxy groups -OCH3 is 1. The standard InChI is InChI=1S/C25H39NO6/c1-15-16(14-18(27)32-13-12-26(4)5)8-9-17-19(15)20(28)21(29)22-24(17,2)10-7-11-25(22,3)23(30)31-6/h14-15,17,19-20,22,28H,7-13H2,1-6H3. The molecule has 0 aromatic heterocycles. The molecular weight excluding hydrogens is 410 g/mol. The molecule has 0 amide bonds. The zero-order chi connectivity index (χ0) is 23.8. The fourth-order valence-corrected chi connectivity index (χ4v) is 7.03. The van der Waals surface area contributed by atoms with E-state index in [0.717, 1.165) is 31.3 Å². The van der Waals surface area contributed by atoms with Crippen LogP contribution in [0.15, 0.2) is 11.6 Å². The predicted molar refractivity (Wildman–Crippen MR) is 120 cm³/mol. The number of hydrogen-bond donors (Lipinski definition) is 1. The summed E-state index contributed by atoms with van der Waals surface area (Å²) >= 11 is 0. The Morgan fingerprint density at radius 2 is 1.94 bits per heavy atom. The number of nitrogens with zero attached hydrogens (tertiary/aromatic N) is 1. The number of carbonyl (C=O) groups is 3. The van der Waals surface area contributed by atoms with Gasteiger partial charge < -0.3 is 19.5 Å². The Bertz CT molecular complexity index is 791. The van der Waals surface area contributed by atoms with Gasteiger partial charge in [-0.3, -0.25) is 9.59 Å². The number of likely N-dealkylation sites (N-methyl/N-ethyl adjacent to an activating group) is 1. The molecule has 7 atom stereocenters. The van der Waals surface area contributed by atoms with E-state index in [9.17, 15) is 19.5 Å². The molecular formula is C25H39NO6. The predicted octanol–water partition coefficient (Wildman–Crippen LogP) is 2.61. The maximum Gasteiger partial charge on any atom is 0.330 e. The quantitative estimate of drug-likeness (QED) is 0.509. The lowest BCUT2D eigenvalue weighted by Crippen LogP contribution is -2.65. The second kappa shape index (κ2) is 9.26. The van der Waals surface area contributed by atoms with Gasteiger partial charge in [-0.2, -0.15) is 0 Å². The summed E-state index contributed by atoms with van der Waals surface area (Å²) < 4.78 is 10.4. The van der Waals surface area contributed by atoms with Crippen LogP contribution in [0.2, 0.25) is 0 Å². The average Bonchev–Trinajstić information content (AvgIpc) is 2.72. The summed E-state index contributed by atoms with van der Waals surface area (Å²) in [5.74, 6) is -1.82. The highest BCUT2D eigenvalue weighted by molar-refractivity contribution is 5.93. The Morgan fingerprint density at radius 3 is 2.56 bits per heavy atom. The van der Waals surface area contributed by atoms with Gasteiger partial charge in [-0.15, -0.1) is 0 Å². The van der Waals surface area contributed by atoms with E-state index in [0.29, 0.717) is 19.6 Å². The number of ether oxygens (including phenoxy) is 2. The molecule has 180 valence electrons. The Hall–Kier alpha value is -1.73. The van der Waals surface area contributed by atoms with E-state index in [-0.39, 0.29) is 40.9 Å². The van der Waals surface area contributed by atoms with E-state index in [1.54, 1.807) is 6.08 Å². The van der Waals surface area contributed by atoms with Gasteiger partial charge in [0.25, 0.3) is 0 Å². The highest BCUT2D eigenvalue weighted by Gasteiger charge is 2.66. The van der Waals surface area contributed by atoms with Crippen LogP contribution in [0.25, 0.3) is 0 Å². The van der Waals surface area contributed by atoms with Crippen molar-refractivity contribution in [3.8, 4) is 0 Å². The zero-order valence-corrected chi connectivity index (χ0v) is 20.3. The van der Waals surface area contributed by atoms with Gasteiger partial charge >= 0.3 is 11.9 Å². The minimum Gasteiger partial charge on any atom is -0.469 e. The zero-order valence-electron chi connectivity index (χ0n) is 20.3. The van der Waals surface area contributed by atoms with Crippen LogP contribution in [0.5, 0.6) is 0 Å². The highest BCUT2D eigenvalue weighted by atomic mass is 16.5. The Balaban J connectivity index is 1.87. The molecule has 3 aliphatic rings. The molecule has 0 aromatic carbocycles. The van der Waals surface area contributed by atoms with Gasteiger partial charge in [-0.05, 0) is 64.0 Å². The lowest BCUT2D eigenvalue weighted by molar-refractivity contribution is -0.193. The number of fused-ring (bicyclic) bond motifs is 3. The molecule has 0 spiro atoms. The number of aliphatic hydroxyl groups is 1. The summed E-state index contributed by atoms with van der Waals surface area (Å²) in [5.41, 5.74) is -0.365. The number of ketones is 1. The Morgan fingerprint density at radius 1 is 1.25 bits per heavy atom. The first-order valence-electron chi connectivity index (χ1n) is 11.8. The van der Waals surface area contributed by atoms with Crippen molar-refractivity contribution in [3.05, 3.63) is 11.6 Å². The fraction of sp³-hybridized carbons (Fsp3) is 0.800. The van der Waals surface area contributed by atoms with Gasteiger partial charge in [0.15, 0.2) is 5.78 Å². The molecule has 7 unspecified atom stereocenters.